The first-order valence-corrected chi connectivity index (χ1v) is 11.4. The smallest absolute Gasteiger partial charge is 0.388 e. The first-order valence-electron chi connectivity index (χ1n) is 10.6. The van der Waals surface area contributed by atoms with E-state index in [9.17, 15) is 4.79 Å². The van der Waals surface area contributed by atoms with E-state index in [0.29, 0.717) is 18.8 Å². The van der Waals surface area contributed by atoms with Crippen LogP contribution < -0.4 is 5.32 Å². The number of nitrogens with one attached hydrogen (secondary N) is 1. The Morgan fingerprint density at radius 3 is 2.45 bits per heavy atom. The van der Waals surface area contributed by atoms with Crippen LogP contribution in [0, 0.1) is 0 Å². The third kappa shape index (κ3) is 5.10. The minimum atomic E-state index is -0.494. The lowest BCUT2D eigenvalue weighted by atomic mass is 9.84. The number of halogens is 1. The third-order valence-electron chi connectivity index (χ3n) is 5.88. The fourth-order valence-corrected chi connectivity index (χ4v) is 4.29. The summed E-state index contributed by atoms with van der Waals surface area (Å²) >= 11 is 3.42. The standard InChI is InChI=1S/C24H28BrN3O3/c1-23(2,3)18-10-8-17(9-11-18)21-16-24(31-27-21)12-14-28(15-13-24)30-22(29)26-20-7-5-4-6-19(20)25/h4-11H,12-16H2,1-3H3,(H,26,29). The van der Waals surface area contributed by atoms with E-state index in [-0.39, 0.29) is 11.0 Å². The van der Waals surface area contributed by atoms with E-state index in [0.717, 1.165) is 35.0 Å². The first kappa shape index (κ1) is 21.8. The van der Waals surface area contributed by atoms with Crippen molar-refractivity contribution in [3.05, 3.63) is 64.1 Å². The molecule has 0 aliphatic carbocycles. The van der Waals surface area contributed by atoms with Crippen LogP contribution in [0.15, 0.2) is 58.2 Å². The fourth-order valence-electron chi connectivity index (χ4n) is 3.90. The van der Waals surface area contributed by atoms with Gasteiger partial charge in [0.1, 0.15) is 5.60 Å². The summed E-state index contributed by atoms with van der Waals surface area (Å²) in [5.74, 6) is 0. The molecule has 0 radical (unpaired) electrons. The molecule has 1 saturated heterocycles. The fraction of sp³-hybridized carbons (Fsp3) is 0.417. The van der Waals surface area contributed by atoms with Crippen molar-refractivity contribution in [3.8, 4) is 0 Å². The zero-order valence-electron chi connectivity index (χ0n) is 18.2. The summed E-state index contributed by atoms with van der Waals surface area (Å²) in [6.07, 6.45) is 1.79. The molecule has 1 amide bonds. The maximum absolute atomic E-state index is 12.2. The average Bonchev–Trinajstić information content (AvgIpc) is 3.15. The zero-order valence-corrected chi connectivity index (χ0v) is 19.7. The lowest BCUT2D eigenvalue weighted by Crippen LogP contribution is -2.45. The van der Waals surface area contributed by atoms with Gasteiger partial charge < -0.3 is 9.68 Å². The monoisotopic (exact) mass is 485 g/mol. The number of hydrogen-bond acceptors (Lipinski definition) is 5. The maximum Gasteiger partial charge on any atom is 0.430 e. The quantitative estimate of drug-likeness (QED) is 0.590. The molecule has 2 aliphatic rings. The number of benzene rings is 2. The van der Waals surface area contributed by atoms with E-state index in [1.807, 2.05) is 24.3 Å². The Morgan fingerprint density at radius 2 is 1.81 bits per heavy atom. The van der Waals surface area contributed by atoms with Gasteiger partial charge in [0.05, 0.1) is 11.4 Å². The number of nitrogens with zero attached hydrogens (tertiary/aromatic N) is 2. The Morgan fingerprint density at radius 1 is 1.13 bits per heavy atom. The normalized spacial score (nSPS) is 18.4. The predicted molar refractivity (Wildman–Crippen MR) is 125 cm³/mol. The van der Waals surface area contributed by atoms with E-state index in [1.165, 1.54) is 5.56 Å². The predicted octanol–water partition coefficient (Wildman–Crippen LogP) is 5.87. The van der Waals surface area contributed by atoms with E-state index in [2.05, 4.69) is 71.4 Å². The van der Waals surface area contributed by atoms with Gasteiger partial charge in [-0.3, -0.25) is 5.32 Å². The highest BCUT2D eigenvalue weighted by Gasteiger charge is 2.43. The van der Waals surface area contributed by atoms with Crippen molar-refractivity contribution in [2.24, 2.45) is 5.16 Å². The van der Waals surface area contributed by atoms with Gasteiger partial charge in [0.2, 0.25) is 0 Å². The number of carbonyl (C=O) groups excluding carboxylic acids is 1. The minimum absolute atomic E-state index is 0.128. The van der Waals surface area contributed by atoms with Crippen molar-refractivity contribution in [2.45, 2.75) is 51.0 Å². The third-order valence-corrected chi connectivity index (χ3v) is 6.57. The summed E-state index contributed by atoms with van der Waals surface area (Å²) < 4.78 is 0.809. The van der Waals surface area contributed by atoms with Gasteiger partial charge in [-0.25, -0.2) is 4.79 Å². The van der Waals surface area contributed by atoms with Crippen LogP contribution in [0.1, 0.15) is 51.2 Å². The molecule has 2 heterocycles. The molecule has 1 fully saturated rings. The van der Waals surface area contributed by atoms with Crippen LogP contribution in [-0.2, 0) is 15.1 Å². The summed E-state index contributed by atoms with van der Waals surface area (Å²) in [5.41, 5.74) is 3.89. The van der Waals surface area contributed by atoms with Crippen molar-refractivity contribution in [1.29, 1.82) is 0 Å². The van der Waals surface area contributed by atoms with E-state index >= 15 is 0 Å². The van der Waals surface area contributed by atoms with E-state index < -0.39 is 6.09 Å². The number of carbonyl (C=O) groups is 1. The highest BCUT2D eigenvalue weighted by Crippen LogP contribution is 2.36. The van der Waals surface area contributed by atoms with Gasteiger partial charge in [-0.15, -0.1) is 5.06 Å². The Labute approximate surface area is 191 Å². The molecular weight excluding hydrogens is 458 g/mol. The molecule has 0 atom stereocenters. The number of hydrogen-bond donors (Lipinski definition) is 1. The van der Waals surface area contributed by atoms with Crippen molar-refractivity contribution in [2.75, 3.05) is 18.4 Å². The van der Waals surface area contributed by atoms with Crippen LogP contribution in [0.4, 0.5) is 10.5 Å². The van der Waals surface area contributed by atoms with Gasteiger partial charge in [0, 0.05) is 36.8 Å². The van der Waals surface area contributed by atoms with Gasteiger partial charge in [-0.1, -0.05) is 62.3 Å². The average molecular weight is 486 g/mol. The molecule has 0 bridgehead atoms. The van der Waals surface area contributed by atoms with Crippen LogP contribution in [0.3, 0.4) is 0 Å². The van der Waals surface area contributed by atoms with Gasteiger partial charge in [-0.05, 0) is 44.6 Å². The Bertz CT molecular complexity index is 974. The number of oxime groups is 1. The van der Waals surface area contributed by atoms with Crippen molar-refractivity contribution in [1.82, 2.24) is 5.06 Å². The molecule has 0 saturated carbocycles. The molecule has 2 aromatic carbocycles. The molecule has 0 unspecified atom stereocenters. The minimum Gasteiger partial charge on any atom is -0.388 e. The van der Waals surface area contributed by atoms with Gasteiger partial charge in [0.25, 0.3) is 0 Å². The molecule has 164 valence electrons. The van der Waals surface area contributed by atoms with E-state index in [1.54, 1.807) is 5.06 Å². The highest BCUT2D eigenvalue weighted by atomic mass is 79.9. The number of piperidine rings is 1. The molecule has 2 aromatic rings. The number of anilines is 1. The Kier molecular flexibility index (Phi) is 6.08. The second-order valence-corrected chi connectivity index (χ2v) is 10.1. The van der Waals surface area contributed by atoms with Crippen molar-refractivity contribution >= 4 is 33.4 Å². The summed E-state index contributed by atoms with van der Waals surface area (Å²) in [6.45, 7) is 7.84. The number of hydroxylamine groups is 2. The Hall–Kier alpha value is -2.38. The van der Waals surface area contributed by atoms with Crippen molar-refractivity contribution < 1.29 is 14.5 Å². The van der Waals surface area contributed by atoms with Gasteiger partial charge in [0.15, 0.2) is 0 Å². The lowest BCUT2D eigenvalue weighted by molar-refractivity contribution is -0.154. The summed E-state index contributed by atoms with van der Waals surface area (Å²) in [4.78, 5) is 23.6. The molecule has 1 N–H and O–H groups in total. The zero-order chi connectivity index (χ0) is 22.1. The molecule has 0 aromatic heterocycles. The summed E-state index contributed by atoms with van der Waals surface area (Å²) in [6, 6.07) is 16.0. The first-order chi connectivity index (χ1) is 14.7. The van der Waals surface area contributed by atoms with Crippen LogP contribution in [-0.4, -0.2) is 35.6 Å². The topological polar surface area (TPSA) is 63.2 Å². The van der Waals surface area contributed by atoms with Crippen LogP contribution in [0.2, 0.25) is 0 Å². The number of amides is 1. The van der Waals surface area contributed by atoms with Crippen LogP contribution >= 0.6 is 15.9 Å². The SMILES string of the molecule is CC(C)(C)c1ccc(C2=NOC3(CCN(OC(=O)Nc4ccccc4Br)CC3)C2)cc1. The molecule has 1 spiro atoms. The second kappa shape index (κ2) is 8.63. The molecule has 31 heavy (non-hydrogen) atoms. The van der Waals surface area contributed by atoms with Gasteiger partial charge in [-0.2, -0.15) is 0 Å². The summed E-state index contributed by atoms with van der Waals surface area (Å²) in [5, 5.41) is 8.85. The molecule has 4 rings (SSSR count). The van der Waals surface area contributed by atoms with Crippen LogP contribution in [0.5, 0.6) is 0 Å². The molecule has 7 heteroatoms. The molecule has 2 aliphatic heterocycles. The van der Waals surface area contributed by atoms with Crippen LogP contribution in [0.25, 0.3) is 0 Å². The number of para-hydroxylation sites is 1. The molecular formula is C24H28BrN3O3. The second-order valence-electron chi connectivity index (χ2n) is 9.23. The Balaban J connectivity index is 1.29. The highest BCUT2D eigenvalue weighted by molar-refractivity contribution is 9.10. The van der Waals surface area contributed by atoms with Crippen molar-refractivity contribution in [3.63, 3.8) is 0 Å². The number of rotatable bonds is 3. The maximum atomic E-state index is 12.2. The largest absolute Gasteiger partial charge is 0.430 e. The van der Waals surface area contributed by atoms with E-state index in [4.69, 9.17) is 9.68 Å². The summed E-state index contributed by atoms with van der Waals surface area (Å²) in [7, 11) is 0. The van der Waals surface area contributed by atoms with Gasteiger partial charge >= 0.3 is 6.09 Å². The lowest BCUT2D eigenvalue weighted by Gasteiger charge is -2.35. The molecule has 6 nitrogen and oxygen atoms in total.